The zero-order valence-corrected chi connectivity index (χ0v) is 14.9. The monoisotopic (exact) mass is 395 g/mol. The molecule has 3 heterocycles. The van der Waals surface area contributed by atoms with Crippen LogP contribution in [0.4, 0.5) is 21.6 Å². The number of pyridine rings is 2. The molecule has 0 saturated carbocycles. The average molecular weight is 396 g/mol. The Hall–Kier alpha value is -3.70. The van der Waals surface area contributed by atoms with Crippen molar-refractivity contribution in [1.82, 2.24) is 9.97 Å². The van der Waals surface area contributed by atoms with Crippen LogP contribution >= 0.6 is 11.6 Å². The summed E-state index contributed by atoms with van der Waals surface area (Å²) in [6, 6.07) is 9.01. The molecule has 3 N–H and O–H groups in total. The first kappa shape index (κ1) is 17.7. The molecule has 0 spiro atoms. The fourth-order valence-corrected chi connectivity index (χ4v) is 3.15. The van der Waals surface area contributed by atoms with Gasteiger partial charge < -0.3 is 15.6 Å². The van der Waals surface area contributed by atoms with Gasteiger partial charge in [-0.05, 0) is 29.8 Å². The summed E-state index contributed by atoms with van der Waals surface area (Å²) in [7, 11) is 0. The summed E-state index contributed by atoms with van der Waals surface area (Å²) < 4.78 is 13.4. The number of fused-ring (bicyclic) bond motifs is 1. The van der Waals surface area contributed by atoms with E-state index in [0.717, 1.165) is 6.07 Å². The maximum absolute atomic E-state index is 13.4. The van der Waals surface area contributed by atoms with Crippen LogP contribution in [0.3, 0.4) is 0 Å². The first-order valence-electron chi connectivity index (χ1n) is 8.14. The van der Waals surface area contributed by atoms with Crippen LogP contribution in [0.1, 0.15) is 11.3 Å². The van der Waals surface area contributed by atoms with Gasteiger partial charge in [0.05, 0.1) is 17.1 Å². The second-order valence-electron chi connectivity index (χ2n) is 6.08. The Kier molecular flexibility index (Phi) is 4.29. The van der Waals surface area contributed by atoms with Crippen LogP contribution in [0, 0.1) is 17.1 Å². The number of hydrogen-bond donors (Lipinski definition) is 3. The largest absolute Gasteiger partial charge is 0.353 e. The topological polar surface area (TPSA) is 111 Å². The number of nitriles is 1. The molecule has 4 rings (SSSR count). The molecule has 1 aromatic carbocycles. The molecule has 0 atom stereocenters. The minimum atomic E-state index is -0.599. The molecule has 0 unspecified atom stereocenters. The number of aromatic nitrogens is 2. The van der Waals surface area contributed by atoms with Gasteiger partial charge in [-0.15, -0.1) is 0 Å². The molecule has 28 heavy (non-hydrogen) atoms. The number of H-pyrrole nitrogens is 1. The highest BCUT2D eigenvalue weighted by Gasteiger charge is 2.22. The van der Waals surface area contributed by atoms with Gasteiger partial charge in [-0.25, -0.2) is 9.37 Å². The van der Waals surface area contributed by atoms with Gasteiger partial charge >= 0.3 is 0 Å². The smallest absolute Gasteiger partial charge is 0.256 e. The van der Waals surface area contributed by atoms with Gasteiger partial charge in [0.2, 0.25) is 5.91 Å². The fraction of sp³-hybridized carbons (Fsp3) is 0.0526. The van der Waals surface area contributed by atoms with Gasteiger partial charge in [0, 0.05) is 23.0 Å². The second-order valence-corrected chi connectivity index (χ2v) is 6.48. The predicted molar refractivity (Wildman–Crippen MR) is 102 cm³/mol. The number of benzene rings is 1. The van der Waals surface area contributed by atoms with Crippen molar-refractivity contribution in [2.45, 2.75) is 6.42 Å². The number of nitrogens with zero attached hydrogens (tertiary/aromatic N) is 2. The molecule has 1 aliphatic rings. The minimum Gasteiger partial charge on any atom is -0.353 e. The molecular weight excluding hydrogens is 385 g/mol. The summed E-state index contributed by atoms with van der Waals surface area (Å²) in [4.78, 5) is 30.7. The third kappa shape index (κ3) is 3.08. The molecule has 1 aliphatic heterocycles. The number of halogens is 2. The van der Waals surface area contributed by atoms with Crippen molar-refractivity contribution in [2.24, 2.45) is 0 Å². The van der Waals surface area contributed by atoms with E-state index in [4.69, 9.17) is 11.6 Å². The van der Waals surface area contributed by atoms with Gasteiger partial charge in [0.15, 0.2) is 0 Å². The molecule has 0 aliphatic carbocycles. The van der Waals surface area contributed by atoms with E-state index in [9.17, 15) is 19.2 Å². The van der Waals surface area contributed by atoms with E-state index in [-0.39, 0.29) is 28.6 Å². The summed E-state index contributed by atoms with van der Waals surface area (Å²) >= 11 is 5.82. The molecule has 1 amide bonds. The van der Waals surface area contributed by atoms with E-state index in [1.54, 1.807) is 6.07 Å². The Morgan fingerprint density at radius 1 is 1.21 bits per heavy atom. The van der Waals surface area contributed by atoms with Gasteiger partial charge in [-0.1, -0.05) is 17.7 Å². The highest BCUT2D eigenvalue weighted by atomic mass is 35.5. The lowest BCUT2D eigenvalue weighted by molar-refractivity contribution is -0.115. The lowest BCUT2D eigenvalue weighted by Gasteiger charge is -2.13. The van der Waals surface area contributed by atoms with Crippen molar-refractivity contribution >= 4 is 34.7 Å². The van der Waals surface area contributed by atoms with Gasteiger partial charge in [-0.2, -0.15) is 5.26 Å². The number of rotatable bonds is 3. The summed E-state index contributed by atoms with van der Waals surface area (Å²) in [5, 5.41) is 15.0. The number of carbonyl (C=O) groups excluding carboxylic acids is 1. The SMILES string of the molecule is N#Cc1[nH]c(=O)c(-c2ccc(F)c(Cl)c2)cc1Nc1ccnc2c1CC(=O)N2. The van der Waals surface area contributed by atoms with Crippen LogP contribution in [0.5, 0.6) is 0 Å². The fourth-order valence-electron chi connectivity index (χ4n) is 2.97. The maximum Gasteiger partial charge on any atom is 0.256 e. The first-order chi connectivity index (χ1) is 13.5. The van der Waals surface area contributed by atoms with Crippen LogP contribution in [0.15, 0.2) is 41.3 Å². The number of hydrogen-bond acceptors (Lipinski definition) is 5. The van der Waals surface area contributed by atoms with E-state index in [1.807, 2.05) is 6.07 Å². The molecule has 0 radical (unpaired) electrons. The van der Waals surface area contributed by atoms with Crippen LogP contribution in [-0.2, 0) is 11.2 Å². The van der Waals surface area contributed by atoms with Crippen molar-refractivity contribution in [1.29, 1.82) is 5.26 Å². The Labute approximate surface area is 162 Å². The van der Waals surface area contributed by atoms with E-state index in [0.29, 0.717) is 28.3 Å². The Bertz CT molecular complexity index is 1230. The van der Waals surface area contributed by atoms with Crippen molar-refractivity contribution in [3.63, 3.8) is 0 Å². The molecule has 3 aromatic rings. The van der Waals surface area contributed by atoms with Crippen LogP contribution < -0.4 is 16.2 Å². The molecule has 0 saturated heterocycles. The van der Waals surface area contributed by atoms with Crippen molar-refractivity contribution in [3.05, 3.63) is 69.0 Å². The number of anilines is 3. The lowest BCUT2D eigenvalue weighted by Crippen LogP contribution is -2.13. The third-order valence-electron chi connectivity index (χ3n) is 4.30. The quantitative estimate of drug-likeness (QED) is 0.630. The number of amides is 1. The standard InChI is InChI=1S/C19H11ClFN5O2/c20-12-5-9(1-2-13(12)21)10-6-15(16(8-22)25-19(10)28)24-14-3-4-23-18-11(14)7-17(27)26-18/h1-6H,7H2,(H,25,28)(H2,23,24,26,27). The minimum absolute atomic E-state index is 0.0183. The highest BCUT2D eigenvalue weighted by molar-refractivity contribution is 6.31. The van der Waals surface area contributed by atoms with E-state index < -0.39 is 11.4 Å². The summed E-state index contributed by atoms with van der Waals surface area (Å²) in [5.74, 6) is -0.331. The molecule has 0 fully saturated rings. The summed E-state index contributed by atoms with van der Waals surface area (Å²) in [5.41, 5.74) is 1.68. The molecule has 9 heteroatoms. The normalized spacial score (nSPS) is 12.2. The Balaban J connectivity index is 1.81. The predicted octanol–water partition coefficient (Wildman–Crippen LogP) is 3.34. The summed E-state index contributed by atoms with van der Waals surface area (Å²) in [6.07, 6.45) is 1.67. The van der Waals surface area contributed by atoms with E-state index >= 15 is 0 Å². The number of aromatic amines is 1. The maximum atomic E-state index is 13.4. The van der Waals surface area contributed by atoms with Crippen LogP contribution in [-0.4, -0.2) is 15.9 Å². The van der Waals surface area contributed by atoms with Crippen LogP contribution in [0.2, 0.25) is 5.02 Å². The van der Waals surface area contributed by atoms with Crippen molar-refractivity contribution in [2.75, 3.05) is 10.6 Å². The van der Waals surface area contributed by atoms with Gasteiger partial charge in [-0.3, -0.25) is 9.59 Å². The molecular formula is C19H11ClFN5O2. The number of carbonyl (C=O) groups is 1. The number of nitrogens with one attached hydrogen (secondary N) is 3. The van der Waals surface area contributed by atoms with Gasteiger partial charge in [0.25, 0.3) is 5.56 Å². The van der Waals surface area contributed by atoms with E-state index in [2.05, 4.69) is 20.6 Å². The Morgan fingerprint density at radius 3 is 2.79 bits per heavy atom. The summed E-state index contributed by atoms with van der Waals surface area (Å²) in [6.45, 7) is 0. The van der Waals surface area contributed by atoms with Crippen molar-refractivity contribution < 1.29 is 9.18 Å². The Morgan fingerprint density at radius 2 is 2.04 bits per heavy atom. The molecule has 138 valence electrons. The molecule has 0 bridgehead atoms. The van der Waals surface area contributed by atoms with Crippen molar-refractivity contribution in [3.8, 4) is 17.2 Å². The lowest BCUT2D eigenvalue weighted by atomic mass is 10.1. The highest BCUT2D eigenvalue weighted by Crippen LogP contribution is 2.32. The third-order valence-corrected chi connectivity index (χ3v) is 4.59. The zero-order valence-electron chi connectivity index (χ0n) is 14.1. The second kappa shape index (κ2) is 6.79. The first-order valence-corrected chi connectivity index (χ1v) is 8.51. The van der Waals surface area contributed by atoms with E-state index in [1.165, 1.54) is 24.4 Å². The van der Waals surface area contributed by atoms with Gasteiger partial charge in [0.1, 0.15) is 23.4 Å². The average Bonchev–Trinajstić information content (AvgIpc) is 3.06. The molecule has 7 nitrogen and oxygen atoms in total. The molecule has 2 aromatic heterocycles. The van der Waals surface area contributed by atoms with Crippen LogP contribution in [0.25, 0.3) is 11.1 Å². The zero-order chi connectivity index (χ0) is 19.8.